The zero-order valence-electron chi connectivity index (χ0n) is 13.0. The summed E-state index contributed by atoms with van der Waals surface area (Å²) >= 11 is 6.09. The van der Waals surface area contributed by atoms with Crippen LogP contribution in [0, 0.1) is 12.3 Å². The Labute approximate surface area is 143 Å². The molecule has 0 unspecified atom stereocenters. The number of aromatic amines is 1. The van der Waals surface area contributed by atoms with Crippen LogP contribution in [0.15, 0.2) is 48.2 Å². The van der Waals surface area contributed by atoms with E-state index in [0.717, 1.165) is 22.3 Å². The van der Waals surface area contributed by atoms with Gasteiger partial charge in [-0.3, -0.25) is 5.41 Å². The number of amidine groups is 1. The maximum absolute atomic E-state index is 10.4. The fourth-order valence-corrected chi connectivity index (χ4v) is 3.14. The number of hydrogen-bond acceptors (Lipinski definition) is 3. The number of nitrogens with one attached hydrogen (secondary N) is 2. The average molecular weight is 339 g/mol. The number of anilines is 1. The van der Waals surface area contributed by atoms with Crippen LogP contribution in [-0.2, 0) is 0 Å². The third-order valence-electron chi connectivity index (χ3n) is 4.19. The molecule has 120 valence electrons. The molecule has 0 spiro atoms. The van der Waals surface area contributed by atoms with Crippen LogP contribution in [0.2, 0.25) is 5.02 Å². The topological polar surface area (TPSA) is 76.0 Å². The minimum absolute atomic E-state index is 0.124. The number of aryl methyl sites for hydroxylation is 1. The lowest BCUT2D eigenvalue weighted by molar-refractivity contribution is 0.411. The summed E-state index contributed by atoms with van der Waals surface area (Å²) < 4.78 is 0. The number of aliphatic hydroxyl groups is 1. The molecule has 1 aliphatic rings. The van der Waals surface area contributed by atoms with Crippen molar-refractivity contribution in [2.24, 2.45) is 0 Å². The highest BCUT2D eigenvalue weighted by Crippen LogP contribution is 2.33. The number of aromatic nitrogens is 2. The SMILES string of the molecule is Cc1ccc(Cl)cc1N1CC(O)=C(c2nc3ccccc3[nH]2)C1=N. The van der Waals surface area contributed by atoms with Crippen molar-refractivity contribution in [1.29, 1.82) is 5.41 Å². The van der Waals surface area contributed by atoms with Gasteiger partial charge in [0.1, 0.15) is 17.4 Å². The van der Waals surface area contributed by atoms with Gasteiger partial charge in [-0.25, -0.2) is 4.98 Å². The fourth-order valence-electron chi connectivity index (χ4n) is 2.98. The summed E-state index contributed by atoms with van der Waals surface area (Å²) in [5, 5.41) is 19.5. The molecule has 0 radical (unpaired) electrons. The quantitative estimate of drug-likeness (QED) is 0.652. The van der Waals surface area contributed by atoms with Crippen LogP contribution in [-0.4, -0.2) is 27.5 Å². The molecule has 1 aliphatic heterocycles. The Morgan fingerprint density at radius 1 is 1.25 bits per heavy atom. The summed E-state index contributed by atoms with van der Waals surface area (Å²) in [4.78, 5) is 9.41. The number of H-pyrrole nitrogens is 1. The second kappa shape index (κ2) is 5.39. The number of para-hydroxylation sites is 2. The average Bonchev–Trinajstić information content (AvgIpc) is 3.10. The number of rotatable bonds is 2. The summed E-state index contributed by atoms with van der Waals surface area (Å²) in [7, 11) is 0. The van der Waals surface area contributed by atoms with Crippen molar-refractivity contribution in [3.8, 4) is 0 Å². The van der Waals surface area contributed by atoms with Gasteiger partial charge < -0.3 is 15.0 Å². The standard InChI is InChI=1S/C18H15ClN4O/c1-10-6-7-11(19)8-14(10)23-9-15(24)16(17(23)20)18-21-12-4-2-3-5-13(12)22-18/h2-8,20,24H,9H2,1H3,(H,21,22). The van der Waals surface area contributed by atoms with E-state index in [0.29, 0.717) is 16.4 Å². The number of imidazole rings is 1. The van der Waals surface area contributed by atoms with Gasteiger partial charge in [-0.05, 0) is 36.8 Å². The number of benzene rings is 2. The number of hydrogen-bond donors (Lipinski definition) is 3. The monoisotopic (exact) mass is 338 g/mol. The van der Waals surface area contributed by atoms with Crippen molar-refractivity contribution in [1.82, 2.24) is 9.97 Å². The molecule has 2 aromatic carbocycles. The second-order valence-corrected chi connectivity index (χ2v) is 6.23. The molecular weight excluding hydrogens is 324 g/mol. The van der Waals surface area contributed by atoms with E-state index in [1.54, 1.807) is 11.0 Å². The van der Waals surface area contributed by atoms with Gasteiger partial charge in [-0.1, -0.05) is 29.8 Å². The van der Waals surface area contributed by atoms with E-state index in [4.69, 9.17) is 17.0 Å². The van der Waals surface area contributed by atoms with E-state index in [1.165, 1.54) is 0 Å². The van der Waals surface area contributed by atoms with Gasteiger partial charge in [0, 0.05) is 10.7 Å². The first-order chi connectivity index (χ1) is 11.5. The molecule has 0 fully saturated rings. The highest BCUT2D eigenvalue weighted by Gasteiger charge is 2.32. The van der Waals surface area contributed by atoms with Gasteiger partial charge >= 0.3 is 0 Å². The third-order valence-corrected chi connectivity index (χ3v) is 4.43. The van der Waals surface area contributed by atoms with Crippen molar-refractivity contribution in [2.75, 3.05) is 11.4 Å². The van der Waals surface area contributed by atoms with Gasteiger partial charge in [-0.2, -0.15) is 0 Å². The molecule has 4 rings (SSSR count). The lowest BCUT2D eigenvalue weighted by atomic mass is 10.1. The van der Waals surface area contributed by atoms with E-state index < -0.39 is 0 Å². The Morgan fingerprint density at radius 2 is 2.04 bits per heavy atom. The number of nitrogens with zero attached hydrogens (tertiary/aromatic N) is 2. The Kier molecular flexibility index (Phi) is 3.32. The van der Waals surface area contributed by atoms with Crippen LogP contribution in [0.1, 0.15) is 11.4 Å². The van der Waals surface area contributed by atoms with E-state index in [1.807, 2.05) is 43.3 Å². The Balaban J connectivity index is 1.76. The van der Waals surface area contributed by atoms with Crippen molar-refractivity contribution in [3.63, 3.8) is 0 Å². The molecular formula is C18H15ClN4O. The zero-order valence-corrected chi connectivity index (χ0v) is 13.7. The molecule has 2 heterocycles. The Bertz CT molecular complexity index is 972. The number of fused-ring (bicyclic) bond motifs is 1. The molecule has 0 bridgehead atoms. The molecule has 0 saturated heterocycles. The van der Waals surface area contributed by atoms with Crippen molar-refractivity contribution < 1.29 is 5.11 Å². The van der Waals surface area contributed by atoms with Crippen LogP contribution in [0.3, 0.4) is 0 Å². The molecule has 5 nitrogen and oxygen atoms in total. The molecule has 0 atom stereocenters. The maximum atomic E-state index is 10.4. The van der Waals surface area contributed by atoms with Gasteiger partial charge in [0.2, 0.25) is 0 Å². The van der Waals surface area contributed by atoms with Crippen LogP contribution in [0.4, 0.5) is 5.69 Å². The van der Waals surface area contributed by atoms with Crippen molar-refractivity contribution in [2.45, 2.75) is 6.92 Å². The van der Waals surface area contributed by atoms with Crippen LogP contribution >= 0.6 is 11.6 Å². The van der Waals surface area contributed by atoms with Gasteiger partial charge in [-0.15, -0.1) is 0 Å². The Morgan fingerprint density at radius 3 is 2.83 bits per heavy atom. The number of aliphatic hydroxyl groups excluding tert-OH is 1. The van der Waals surface area contributed by atoms with Crippen LogP contribution in [0.5, 0.6) is 0 Å². The first-order valence-electron chi connectivity index (χ1n) is 7.54. The van der Waals surface area contributed by atoms with Crippen LogP contribution in [0.25, 0.3) is 16.6 Å². The summed E-state index contributed by atoms with van der Waals surface area (Å²) in [5.41, 5.74) is 3.90. The largest absolute Gasteiger partial charge is 0.509 e. The second-order valence-electron chi connectivity index (χ2n) is 5.79. The number of halogens is 1. The first-order valence-corrected chi connectivity index (χ1v) is 7.92. The minimum Gasteiger partial charge on any atom is -0.509 e. The predicted molar refractivity (Wildman–Crippen MR) is 96.9 cm³/mol. The molecule has 3 N–H and O–H groups in total. The smallest absolute Gasteiger partial charge is 0.145 e. The summed E-state index contributed by atoms with van der Waals surface area (Å²) in [5.74, 6) is 0.830. The molecule has 0 aliphatic carbocycles. The van der Waals surface area contributed by atoms with E-state index in [9.17, 15) is 5.11 Å². The molecule has 24 heavy (non-hydrogen) atoms. The summed E-state index contributed by atoms with van der Waals surface area (Å²) in [6.07, 6.45) is 0. The fraction of sp³-hybridized carbons (Fsp3) is 0.111. The normalized spacial score (nSPS) is 14.9. The first kappa shape index (κ1) is 14.8. The van der Waals surface area contributed by atoms with E-state index in [2.05, 4.69) is 9.97 Å². The highest BCUT2D eigenvalue weighted by atomic mass is 35.5. The third kappa shape index (κ3) is 2.25. The van der Waals surface area contributed by atoms with Gasteiger partial charge in [0.05, 0.1) is 23.2 Å². The summed E-state index contributed by atoms with van der Waals surface area (Å²) in [6.45, 7) is 2.18. The molecule has 0 amide bonds. The van der Waals surface area contributed by atoms with Crippen molar-refractivity contribution >= 4 is 39.7 Å². The molecule has 1 aromatic heterocycles. The van der Waals surface area contributed by atoms with E-state index >= 15 is 0 Å². The van der Waals surface area contributed by atoms with Gasteiger partial charge in [0.15, 0.2) is 0 Å². The molecule has 3 aromatic rings. The van der Waals surface area contributed by atoms with Crippen molar-refractivity contribution in [3.05, 3.63) is 64.6 Å². The van der Waals surface area contributed by atoms with E-state index in [-0.39, 0.29) is 18.1 Å². The van der Waals surface area contributed by atoms with Gasteiger partial charge in [0.25, 0.3) is 0 Å². The summed E-state index contributed by atoms with van der Waals surface area (Å²) in [6, 6.07) is 13.2. The maximum Gasteiger partial charge on any atom is 0.145 e. The highest BCUT2D eigenvalue weighted by molar-refractivity contribution is 6.32. The van der Waals surface area contributed by atoms with Crippen LogP contribution < -0.4 is 4.90 Å². The lowest BCUT2D eigenvalue weighted by Crippen LogP contribution is -2.27. The molecule has 6 heteroatoms. The predicted octanol–water partition coefficient (Wildman–Crippen LogP) is 4.29. The Hall–Kier alpha value is -2.79. The zero-order chi connectivity index (χ0) is 16.8. The molecule has 0 saturated carbocycles. The lowest BCUT2D eigenvalue weighted by Gasteiger charge is -2.21. The minimum atomic E-state index is 0.124.